The molecule has 0 aliphatic carbocycles. The molecule has 2 fully saturated rings. The molecule has 1 aromatic rings. The first-order valence-corrected chi connectivity index (χ1v) is 6.59. The summed E-state index contributed by atoms with van der Waals surface area (Å²) in [5.41, 5.74) is 0.926. The van der Waals surface area contributed by atoms with E-state index in [0.29, 0.717) is 5.02 Å². The molecule has 2 saturated heterocycles. The van der Waals surface area contributed by atoms with Gasteiger partial charge in [0.2, 0.25) is 5.91 Å². The summed E-state index contributed by atoms with van der Waals surface area (Å²) in [6.45, 7) is 0.923. The first-order valence-electron chi connectivity index (χ1n) is 6.21. The Labute approximate surface area is 111 Å². The van der Waals surface area contributed by atoms with Gasteiger partial charge in [0.25, 0.3) is 0 Å². The van der Waals surface area contributed by atoms with Gasteiger partial charge in [-0.1, -0.05) is 24.1 Å². The van der Waals surface area contributed by atoms with Crippen LogP contribution in [0.4, 0.5) is 0 Å². The van der Waals surface area contributed by atoms with E-state index in [-0.39, 0.29) is 23.9 Å². The minimum atomic E-state index is -0.110. The highest BCUT2D eigenvalue weighted by Gasteiger charge is 2.41. The molecule has 2 heterocycles. The Morgan fingerprint density at radius 2 is 2.22 bits per heavy atom. The van der Waals surface area contributed by atoms with Gasteiger partial charge in [-0.05, 0) is 30.5 Å². The molecule has 1 amide bonds. The average Bonchev–Trinajstić information content (AvgIpc) is 2.71. The van der Waals surface area contributed by atoms with Crippen LogP contribution in [-0.4, -0.2) is 28.5 Å². The van der Waals surface area contributed by atoms with Gasteiger partial charge < -0.3 is 10.4 Å². The number of nitrogens with zero attached hydrogens (tertiary/aromatic N) is 1. The number of hydrogen-bond donors (Lipinski definition) is 2. The van der Waals surface area contributed by atoms with E-state index in [2.05, 4.69) is 10.2 Å². The standard InChI is InChI=1S/C13H15ClN2O2/c14-9-7-8(4-5-11(9)17)12-15-13(18)10-3-1-2-6-16(10)12/h4-5,7,10,12,17H,1-3,6H2,(H,15,18). The first-order chi connectivity index (χ1) is 8.66. The smallest absolute Gasteiger partial charge is 0.238 e. The van der Waals surface area contributed by atoms with Gasteiger partial charge in [-0.2, -0.15) is 0 Å². The van der Waals surface area contributed by atoms with E-state index in [0.717, 1.165) is 31.4 Å². The van der Waals surface area contributed by atoms with Crippen molar-refractivity contribution in [2.75, 3.05) is 6.54 Å². The number of carbonyl (C=O) groups is 1. The summed E-state index contributed by atoms with van der Waals surface area (Å²) in [7, 11) is 0. The lowest BCUT2D eigenvalue weighted by Gasteiger charge is -2.31. The van der Waals surface area contributed by atoms with E-state index < -0.39 is 0 Å². The summed E-state index contributed by atoms with van der Waals surface area (Å²) in [5.74, 6) is 0.170. The fourth-order valence-corrected chi connectivity index (χ4v) is 3.02. The maximum Gasteiger partial charge on any atom is 0.238 e. The summed E-state index contributed by atoms with van der Waals surface area (Å²) in [6.07, 6.45) is 3.04. The molecule has 0 spiro atoms. The van der Waals surface area contributed by atoms with Crippen molar-refractivity contribution in [1.29, 1.82) is 0 Å². The Balaban J connectivity index is 1.91. The number of carbonyl (C=O) groups excluding carboxylic acids is 1. The summed E-state index contributed by atoms with van der Waals surface area (Å²) >= 11 is 5.92. The number of aromatic hydroxyl groups is 1. The molecular formula is C13H15ClN2O2. The molecule has 3 rings (SSSR count). The largest absolute Gasteiger partial charge is 0.506 e. The van der Waals surface area contributed by atoms with Crippen molar-refractivity contribution in [3.63, 3.8) is 0 Å². The van der Waals surface area contributed by atoms with Crippen LogP contribution in [0, 0.1) is 0 Å². The van der Waals surface area contributed by atoms with Gasteiger partial charge in [0.05, 0.1) is 11.1 Å². The molecule has 2 unspecified atom stereocenters. The zero-order valence-electron chi connectivity index (χ0n) is 9.90. The van der Waals surface area contributed by atoms with Crippen LogP contribution in [-0.2, 0) is 4.79 Å². The molecule has 96 valence electrons. The van der Waals surface area contributed by atoms with Crippen molar-refractivity contribution < 1.29 is 9.90 Å². The van der Waals surface area contributed by atoms with Crippen molar-refractivity contribution >= 4 is 17.5 Å². The summed E-state index contributed by atoms with van der Waals surface area (Å²) in [5, 5.41) is 12.8. The lowest BCUT2D eigenvalue weighted by molar-refractivity contribution is -0.122. The number of amides is 1. The predicted molar refractivity (Wildman–Crippen MR) is 68.3 cm³/mol. The Morgan fingerprint density at radius 1 is 1.39 bits per heavy atom. The number of benzene rings is 1. The fourth-order valence-electron chi connectivity index (χ4n) is 2.83. The van der Waals surface area contributed by atoms with Gasteiger partial charge in [-0.25, -0.2) is 0 Å². The van der Waals surface area contributed by atoms with Gasteiger partial charge in [0.15, 0.2) is 0 Å². The highest BCUT2D eigenvalue weighted by Crippen LogP contribution is 2.34. The minimum absolute atomic E-state index is 0.00340. The second-order valence-corrected chi connectivity index (χ2v) is 5.28. The van der Waals surface area contributed by atoms with E-state index in [4.69, 9.17) is 11.6 Å². The second-order valence-electron chi connectivity index (χ2n) is 4.87. The Hall–Kier alpha value is -1.26. The molecular weight excluding hydrogens is 252 g/mol. The van der Waals surface area contributed by atoms with Crippen LogP contribution in [0.2, 0.25) is 5.02 Å². The van der Waals surface area contributed by atoms with Crippen molar-refractivity contribution in [2.24, 2.45) is 0 Å². The third kappa shape index (κ3) is 1.85. The van der Waals surface area contributed by atoms with Crippen molar-refractivity contribution in [2.45, 2.75) is 31.5 Å². The number of hydrogen-bond acceptors (Lipinski definition) is 3. The maximum atomic E-state index is 11.9. The number of phenolic OH excluding ortho intramolecular Hbond substituents is 1. The van der Waals surface area contributed by atoms with Gasteiger partial charge >= 0.3 is 0 Å². The quantitative estimate of drug-likeness (QED) is 0.818. The number of fused-ring (bicyclic) bond motifs is 1. The Morgan fingerprint density at radius 3 is 3.00 bits per heavy atom. The van der Waals surface area contributed by atoms with E-state index in [9.17, 15) is 9.90 Å². The third-order valence-electron chi connectivity index (χ3n) is 3.74. The molecule has 0 aromatic heterocycles. The SMILES string of the molecule is O=C1NC(c2ccc(O)c(Cl)c2)N2CCCCC12. The van der Waals surface area contributed by atoms with Crippen LogP contribution in [0.3, 0.4) is 0 Å². The summed E-state index contributed by atoms with van der Waals surface area (Å²) in [4.78, 5) is 14.1. The van der Waals surface area contributed by atoms with Crippen molar-refractivity contribution in [1.82, 2.24) is 10.2 Å². The average molecular weight is 267 g/mol. The van der Waals surface area contributed by atoms with E-state index in [1.54, 1.807) is 12.1 Å². The third-order valence-corrected chi connectivity index (χ3v) is 4.05. The number of halogens is 1. The molecule has 2 aliphatic heterocycles. The molecule has 4 nitrogen and oxygen atoms in total. The monoisotopic (exact) mass is 266 g/mol. The van der Waals surface area contributed by atoms with Crippen LogP contribution in [0.25, 0.3) is 0 Å². The molecule has 2 aliphatic rings. The summed E-state index contributed by atoms with van der Waals surface area (Å²) in [6, 6.07) is 5.10. The molecule has 2 N–H and O–H groups in total. The Bertz CT molecular complexity index is 492. The van der Waals surface area contributed by atoms with E-state index in [1.165, 1.54) is 0 Å². The zero-order valence-corrected chi connectivity index (χ0v) is 10.7. The van der Waals surface area contributed by atoms with Gasteiger partial charge in [-0.3, -0.25) is 9.69 Å². The molecule has 2 atom stereocenters. The van der Waals surface area contributed by atoms with Gasteiger partial charge in [0.1, 0.15) is 11.9 Å². The normalized spacial score (nSPS) is 27.9. The van der Waals surface area contributed by atoms with Crippen LogP contribution in [0.5, 0.6) is 5.75 Å². The lowest BCUT2D eigenvalue weighted by atomic mass is 10.0. The summed E-state index contributed by atoms with van der Waals surface area (Å²) < 4.78 is 0. The Kier molecular flexibility index (Phi) is 2.92. The maximum absolute atomic E-state index is 11.9. The molecule has 18 heavy (non-hydrogen) atoms. The number of rotatable bonds is 1. The molecule has 5 heteroatoms. The highest BCUT2D eigenvalue weighted by molar-refractivity contribution is 6.32. The minimum Gasteiger partial charge on any atom is -0.506 e. The van der Waals surface area contributed by atoms with Crippen LogP contribution >= 0.6 is 11.6 Å². The first kappa shape index (κ1) is 11.8. The van der Waals surface area contributed by atoms with E-state index >= 15 is 0 Å². The number of piperidine rings is 1. The number of phenols is 1. The molecule has 0 saturated carbocycles. The van der Waals surface area contributed by atoms with Crippen molar-refractivity contribution in [3.05, 3.63) is 28.8 Å². The topological polar surface area (TPSA) is 52.6 Å². The molecule has 0 radical (unpaired) electrons. The predicted octanol–water partition coefficient (Wildman–Crippen LogP) is 2.03. The lowest BCUT2D eigenvalue weighted by Crippen LogP contribution is -2.38. The fraction of sp³-hybridized carbons (Fsp3) is 0.462. The van der Waals surface area contributed by atoms with Crippen LogP contribution in [0.15, 0.2) is 18.2 Å². The molecule has 1 aromatic carbocycles. The zero-order chi connectivity index (χ0) is 12.7. The second kappa shape index (κ2) is 4.44. The number of nitrogens with one attached hydrogen (secondary N) is 1. The van der Waals surface area contributed by atoms with Gasteiger partial charge in [0, 0.05) is 6.54 Å². The highest BCUT2D eigenvalue weighted by atomic mass is 35.5. The van der Waals surface area contributed by atoms with Crippen molar-refractivity contribution in [3.8, 4) is 5.75 Å². The molecule has 0 bridgehead atoms. The van der Waals surface area contributed by atoms with Crippen LogP contribution in [0.1, 0.15) is 31.0 Å². The van der Waals surface area contributed by atoms with E-state index in [1.807, 2.05) is 6.07 Å². The van der Waals surface area contributed by atoms with Gasteiger partial charge in [-0.15, -0.1) is 0 Å². The van der Waals surface area contributed by atoms with Crippen LogP contribution < -0.4 is 5.32 Å².